The summed E-state index contributed by atoms with van der Waals surface area (Å²) in [6, 6.07) is 1.46. The standard InChI is InChI=1S/C7H18N2Si/c10-7-1-4-9-5-2-8-3-6-9/h8H,1-7H2,10H3. The van der Waals surface area contributed by atoms with Gasteiger partial charge in [-0.15, -0.1) is 0 Å². The van der Waals surface area contributed by atoms with E-state index in [0.29, 0.717) is 0 Å². The Kier molecular flexibility index (Phi) is 4.02. The molecule has 0 aromatic rings. The van der Waals surface area contributed by atoms with Gasteiger partial charge in [0.05, 0.1) is 0 Å². The normalized spacial score (nSPS) is 21.6. The first kappa shape index (κ1) is 8.24. The fraction of sp³-hybridized carbons (Fsp3) is 1.00. The second-order valence-corrected chi connectivity index (χ2v) is 3.95. The number of nitrogens with one attached hydrogen (secondary N) is 1. The van der Waals surface area contributed by atoms with Crippen molar-refractivity contribution in [1.82, 2.24) is 10.2 Å². The van der Waals surface area contributed by atoms with Gasteiger partial charge in [-0.3, -0.25) is 0 Å². The van der Waals surface area contributed by atoms with Gasteiger partial charge in [0, 0.05) is 36.4 Å². The first-order valence-electron chi connectivity index (χ1n) is 4.36. The van der Waals surface area contributed by atoms with Crippen LogP contribution in [0.15, 0.2) is 0 Å². The molecule has 1 aliphatic heterocycles. The first-order chi connectivity index (χ1) is 4.93. The zero-order valence-corrected chi connectivity index (χ0v) is 8.90. The quantitative estimate of drug-likeness (QED) is 0.534. The van der Waals surface area contributed by atoms with Crippen molar-refractivity contribution >= 4 is 10.2 Å². The molecule has 1 rings (SSSR count). The molecule has 0 unspecified atom stereocenters. The van der Waals surface area contributed by atoms with Crippen LogP contribution in [0, 0.1) is 0 Å². The number of rotatable bonds is 3. The average molecular weight is 158 g/mol. The summed E-state index contributed by atoms with van der Waals surface area (Å²) in [5, 5.41) is 3.36. The summed E-state index contributed by atoms with van der Waals surface area (Å²) < 4.78 is 0. The van der Waals surface area contributed by atoms with Crippen LogP contribution in [-0.2, 0) is 0 Å². The lowest BCUT2D eigenvalue weighted by molar-refractivity contribution is 0.241. The van der Waals surface area contributed by atoms with Crippen molar-refractivity contribution in [2.45, 2.75) is 12.5 Å². The summed E-state index contributed by atoms with van der Waals surface area (Å²) in [6.45, 7) is 6.26. The minimum Gasteiger partial charge on any atom is -0.314 e. The van der Waals surface area contributed by atoms with E-state index in [-0.39, 0.29) is 0 Å². The van der Waals surface area contributed by atoms with Crippen LogP contribution in [0.2, 0.25) is 6.04 Å². The smallest absolute Gasteiger partial charge is 0.0107 e. The predicted molar refractivity (Wildman–Crippen MR) is 48.7 cm³/mol. The summed E-state index contributed by atoms with van der Waals surface area (Å²) in [4.78, 5) is 2.56. The molecule has 0 saturated carbocycles. The molecule has 0 spiro atoms. The highest BCUT2D eigenvalue weighted by atomic mass is 28.1. The van der Waals surface area contributed by atoms with Gasteiger partial charge in [-0.2, -0.15) is 0 Å². The zero-order valence-electron chi connectivity index (χ0n) is 6.90. The second-order valence-electron chi connectivity index (χ2n) is 2.95. The van der Waals surface area contributed by atoms with E-state index in [9.17, 15) is 0 Å². The van der Waals surface area contributed by atoms with Crippen molar-refractivity contribution in [3.05, 3.63) is 0 Å². The highest BCUT2D eigenvalue weighted by Crippen LogP contribution is 1.95. The Labute approximate surface area is 66.4 Å². The molecule has 2 nitrogen and oxygen atoms in total. The van der Waals surface area contributed by atoms with Gasteiger partial charge in [0.2, 0.25) is 0 Å². The maximum atomic E-state index is 3.36. The van der Waals surface area contributed by atoms with Gasteiger partial charge in [0.15, 0.2) is 0 Å². The van der Waals surface area contributed by atoms with E-state index in [1.54, 1.807) is 0 Å². The van der Waals surface area contributed by atoms with Crippen molar-refractivity contribution < 1.29 is 0 Å². The topological polar surface area (TPSA) is 15.3 Å². The summed E-state index contributed by atoms with van der Waals surface area (Å²) in [5.74, 6) is 0. The third kappa shape index (κ3) is 2.81. The fourth-order valence-corrected chi connectivity index (χ4v) is 1.63. The molecule has 1 fully saturated rings. The Hall–Kier alpha value is 0.137. The molecule has 3 heteroatoms. The van der Waals surface area contributed by atoms with Crippen LogP contribution in [0.5, 0.6) is 0 Å². The van der Waals surface area contributed by atoms with Crippen LogP contribution in [0.25, 0.3) is 0 Å². The highest BCUT2D eigenvalue weighted by molar-refractivity contribution is 6.08. The number of hydrogen-bond donors (Lipinski definition) is 1. The zero-order chi connectivity index (χ0) is 7.23. The Morgan fingerprint density at radius 1 is 1.30 bits per heavy atom. The molecule has 1 N–H and O–H groups in total. The summed E-state index contributed by atoms with van der Waals surface area (Å²) >= 11 is 0. The van der Waals surface area contributed by atoms with E-state index in [1.165, 1.54) is 55.4 Å². The minimum absolute atomic E-state index is 1.20. The van der Waals surface area contributed by atoms with Crippen LogP contribution in [0.4, 0.5) is 0 Å². The lowest BCUT2D eigenvalue weighted by Gasteiger charge is -2.26. The van der Waals surface area contributed by atoms with Crippen molar-refractivity contribution in [2.75, 3.05) is 32.7 Å². The van der Waals surface area contributed by atoms with Gasteiger partial charge >= 0.3 is 0 Å². The molecule has 1 heterocycles. The van der Waals surface area contributed by atoms with E-state index < -0.39 is 0 Å². The van der Waals surface area contributed by atoms with Crippen molar-refractivity contribution in [3.63, 3.8) is 0 Å². The lowest BCUT2D eigenvalue weighted by atomic mass is 10.3. The third-order valence-electron chi connectivity index (χ3n) is 2.04. The summed E-state index contributed by atoms with van der Waals surface area (Å²) in [7, 11) is 1.38. The lowest BCUT2D eigenvalue weighted by Crippen LogP contribution is -2.43. The van der Waals surface area contributed by atoms with Gasteiger partial charge in [-0.25, -0.2) is 0 Å². The highest BCUT2D eigenvalue weighted by Gasteiger charge is 2.06. The largest absolute Gasteiger partial charge is 0.314 e. The predicted octanol–water partition coefficient (Wildman–Crippen LogP) is -0.935. The van der Waals surface area contributed by atoms with Crippen molar-refractivity contribution in [1.29, 1.82) is 0 Å². The van der Waals surface area contributed by atoms with E-state index >= 15 is 0 Å². The van der Waals surface area contributed by atoms with Crippen LogP contribution >= 0.6 is 0 Å². The molecule has 0 aromatic heterocycles. The Morgan fingerprint density at radius 2 is 2.00 bits per heavy atom. The van der Waals surface area contributed by atoms with Gasteiger partial charge in [0.1, 0.15) is 0 Å². The first-order valence-corrected chi connectivity index (χ1v) is 5.78. The van der Waals surface area contributed by atoms with Crippen molar-refractivity contribution in [3.8, 4) is 0 Å². The van der Waals surface area contributed by atoms with Crippen molar-refractivity contribution in [2.24, 2.45) is 0 Å². The number of hydrogen-bond acceptors (Lipinski definition) is 2. The fourth-order valence-electron chi connectivity index (χ4n) is 1.32. The van der Waals surface area contributed by atoms with Crippen LogP contribution in [0.1, 0.15) is 6.42 Å². The van der Waals surface area contributed by atoms with Gasteiger partial charge in [0.25, 0.3) is 0 Å². The van der Waals surface area contributed by atoms with E-state index in [4.69, 9.17) is 0 Å². The molecule has 1 saturated heterocycles. The maximum absolute atomic E-state index is 3.36. The van der Waals surface area contributed by atoms with Gasteiger partial charge in [-0.1, -0.05) is 6.04 Å². The van der Waals surface area contributed by atoms with E-state index in [0.717, 1.165) is 0 Å². The second kappa shape index (κ2) is 4.88. The Bertz CT molecular complexity index is 81.7. The monoisotopic (exact) mass is 158 g/mol. The molecule has 0 radical (unpaired) electrons. The van der Waals surface area contributed by atoms with Crippen LogP contribution in [0.3, 0.4) is 0 Å². The average Bonchev–Trinajstić information content (AvgIpc) is 2.03. The molecular weight excluding hydrogens is 140 g/mol. The molecule has 0 amide bonds. The summed E-state index contributed by atoms with van der Waals surface area (Å²) in [5.41, 5.74) is 0. The van der Waals surface area contributed by atoms with Gasteiger partial charge in [-0.05, 0) is 13.0 Å². The number of nitrogens with zero attached hydrogens (tertiary/aromatic N) is 1. The van der Waals surface area contributed by atoms with E-state index in [2.05, 4.69) is 10.2 Å². The molecule has 10 heavy (non-hydrogen) atoms. The van der Waals surface area contributed by atoms with Crippen LogP contribution in [-0.4, -0.2) is 47.9 Å². The molecule has 0 aromatic carbocycles. The molecule has 0 atom stereocenters. The Morgan fingerprint density at radius 3 is 2.60 bits per heavy atom. The number of piperazine rings is 1. The Balaban J connectivity index is 2.02. The van der Waals surface area contributed by atoms with E-state index in [1.807, 2.05) is 0 Å². The maximum Gasteiger partial charge on any atom is 0.0107 e. The molecule has 1 aliphatic rings. The van der Waals surface area contributed by atoms with Gasteiger partial charge < -0.3 is 10.2 Å². The molecule has 0 aliphatic carbocycles. The summed E-state index contributed by atoms with van der Waals surface area (Å²) in [6.07, 6.45) is 1.42. The SMILES string of the molecule is [SiH3]CCCN1CCNCC1. The van der Waals surface area contributed by atoms with Crippen LogP contribution < -0.4 is 5.32 Å². The minimum atomic E-state index is 1.20. The molecular formula is C7H18N2Si. The molecule has 0 bridgehead atoms. The third-order valence-corrected chi connectivity index (χ3v) is 2.74. The molecule has 60 valence electrons.